The van der Waals surface area contributed by atoms with Crippen molar-refractivity contribution in [3.63, 3.8) is 0 Å². The summed E-state index contributed by atoms with van der Waals surface area (Å²) in [4.78, 5) is 0. The fourth-order valence-electron chi connectivity index (χ4n) is 0.218. The third-order valence-corrected chi connectivity index (χ3v) is 6.38. The molecule has 0 fully saturated rings. The van der Waals surface area contributed by atoms with E-state index in [0.29, 0.717) is 0 Å². The molecule has 0 aliphatic heterocycles. The van der Waals surface area contributed by atoms with E-state index in [-0.39, 0.29) is 36.4 Å². The Morgan fingerprint density at radius 1 is 1.20 bits per heavy atom. The van der Waals surface area contributed by atoms with Crippen LogP contribution in [-0.4, -0.2) is 36.4 Å². The van der Waals surface area contributed by atoms with Crippen LogP contribution in [0.1, 0.15) is 20.8 Å². The van der Waals surface area contributed by atoms with E-state index in [0.717, 1.165) is 5.92 Å². The fourth-order valence-corrected chi connectivity index (χ4v) is 3.40. The van der Waals surface area contributed by atoms with E-state index in [9.17, 15) is 0 Å². The number of hydrogen-bond acceptors (Lipinski definition) is 0. The molecule has 0 aliphatic rings. The average Bonchev–Trinajstić information content (AvgIpc) is 1.89. The van der Waals surface area contributed by atoms with Gasteiger partial charge in [0.1, 0.15) is 0 Å². The quantitative estimate of drug-likeness (QED) is 0.699. The van der Waals surface area contributed by atoms with Gasteiger partial charge in [0.05, 0.1) is 0 Å². The van der Waals surface area contributed by atoms with Crippen molar-refractivity contribution in [2.45, 2.75) is 29.9 Å². The lowest BCUT2D eigenvalue weighted by molar-refractivity contribution is 0.734. The highest BCUT2D eigenvalue weighted by Crippen LogP contribution is 1.99. The van der Waals surface area contributed by atoms with Crippen molar-refractivity contribution >= 4 is 62.2 Å². The van der Waals surface area contributed by atoms with Gasteiger partial charge in [0, 0.05) is 0 Å². The van der Waals surface area contributed by atoms with E-state index >= 15 is 0 Å². The van der Waals surface area contributed by atoms with Gasteiger partial charge in [0.15, 0.2) is 0 Å². The molecule has 0 atom stereocenters. The Balaban J connectivity index is 0. The molecule has 10 heavy (non-hydrogen) atoms. The van der Waals surface area contributed by atoms with Gasteiger partial charge in [0.2, 0.25) is 0 Å². The second-order valence-electron chi connectivity index (χ2n) is 2.56. The third-order valence-electron chi connectivity index (χ3n) is 0.875. The van der Waals surface area contributed by atoms with E-state index in [2.05, 4.69) is 46.5 Å². The predicted molar refractivity (Wildman–Crippen MR) is 59.5 cm³/mol. The molecule has 0 bridgehead atoms. The van der Waals surface area contributed by atoms with E-state index in [4.69, 9.17) is 0 Å². The monoisotopic (exact) mass is 292 g/mol. The molecule has 0 N–H and O–H groups in total. The van der Waals surface area contributed by atoms with Gasteiger partial charge in [-0.15, -0.1) is 9.10 Å². The summed E-state index contributed by atoms with van der Waals surface area (Å²) >= 11 is 7.29. The molecule has 0 aromatic carbocycles. The maximum absolute atomic E-state index is 3.49. The van der Waals surface area contributed by atoms with Gasteiger partial charge in [-0.1, -0.05) is 26.7 Å². The number of halogens is 2. The van der Waals surface area contributed by atoms with Gasteiger partial charge >= 0.3 is 36.4 Å². The van der Waals surface area contributed by atoms with E-state index in [1.165, 1.54) is 9.10 Å². The second kappa shape index (κ2) is 14.0. The van der Waals surface area contributed by atoms with Gasteiger partial charge in [-0.2, -0.15) is 0 Å². The minimum Gasteiger partial charge on any atom is -0.307 e. The van der Waals surface area contributed by atoms with Crippen LogP contribution in [0.5, 0.6) is 0 Å². The Kier molecular flexibility index (Phi) is 21.0. The first kappa shape index (κ1) is 15.0. The molecule has 0 amide bonds. The minimum absolute atomic E-state index is 0.179. The Labute approximate surface area is 96.5 Å². The summed E-state index contributed by atoms with van der Waals surface area (Å²) in [6.07, 6.45) is 0. The molecule has 0 saturated carbocycles. The smallest absolute Gasteiger partial charge is 0.307 e. The molecule has 56 valence electrons. The normalized spacial score (nSPS) is 7.40. The molecule has 0 radical (unpaired) electrons. The van der Waals surface area contributed by atoms with Crippen LogP contribution in [0, 0.1) is 5.92 Å². The summed E-state index contributed by atoms with van der Waals surface area (Å²) in [5, 5.41) is 0. The van der Waals surface area contributed by atoms with Crippen LogP contribution < -0.4 is 0 Å². The molecular weight excluding hydrogens is 280 g/mol. The molecular formula is C6H14Br2Mg2. The van der Waals surface area contributed by atoms with E-state index in [1.807, 2.05) is 0 Å². The van der Waals surface area contributed by atoms with Crippen LogP contribution in [0.15, 0.2) is 0 Å². The molecule has 0 aromatic heterocycles. The Bertz CT molecular complexity index is 49.0. The molecule has 0 unspecified atom stereocenters. The molecule has 0 heterocycles. The summed E-state index contributed by atoms with van der Waals surface area (Å²) in [7, 11) is 0. The fraction of sp³-hybridized carbons (Fsp3) is 1.00. The van der Waals surface area contributed by atoms with Crippen LogP contribution in [0.4, 0.5) is 0 Å². The van der Waals surface area contributed by atoms with Crippen molar-refractivity contribution in [2.75, 3.05) is 0 Å². The van der Waals surface area contributed by atoms with Crippen molar-refractivity contribution in [1.82, 2.24) is 0 Å². The lowest BCUT2D eigenvalue weighted by Crippen LogP contribution is -1.86. The van der Waals surface area contributed by atoms with E-state index in [1.54, 1.807) is 0 Å². The van der Waals surface area contributed by atoms with Crippen LogP contribution in [0.2, 0.25) is 9.10 Å². The molecule has 0 saturated heterocycles. The van der Waals surface area contributed by atoms with Gasteiger partial charge < -0.3 is 25.8 Å². The third kappa shape index (κ3) is 22.4. The molecule has 0 aromatic rings. The first-order valence-corrected chi connectivity index (χ1v) is 13.6. The summed E-state index contributed by atoms with van der Waals surface area (Å²) in [5.74, 6) is 0.913. The Morgan fingerprint density at radius 3 is 1.60 bits per heavy atom. The topological polar surface area (TPSA) is 0 Å². The lowest BCUT2D eigenvalue weighted by atomic mass is 10.3. The summed E-state index contributed by atoms with van der Waals surface area (Å²) in [6.45, 7) is 6.71. The zero-order chi connectivity index (χ0) is 8.41. The van der Waals surface area contributed by atoms with Crippen molar-refractivity contribution in [3.05, 3.63) is 0 Å². The highest BCUT2D eigenvalue weighted by molar-refractivity contribution is 9.23. The summed E-state index contributed by atoms with van der Waals surface area (Å²) < 4.78 is 2.81. The van der Waals surface area contributed by atoms with Crippen molar-refractivity contribution < 1.29 is 0 Å². The minimum atomic E-state index is 0.179. The predicted octanol–water partition coefficient (Wildman–Crippen LogP) is 3.51. The Hall–Kier alpha value is 2.49. The van der Waals surface area contributed by atoms with E-state index < -0.39 is 0 Å². The maximum atomic E-state index is 3.49. The number of hydrogen-bond donors (Lipinski definition) is 0. The highest BCUT2D eigenvalue weighted by atomic mass is 79.9. The first-order valence-electron chi connectivity index (χ1n) is 3.80. The van der Waals surface area contributed by atoms with Gasteiger partial charge in [-0.3, -0.25) is 0 Å². The van der Waals surface area contributed by atoms with Crippen molar-refractivity contribution in [1.29, 1.82) is 0 Å². The lowest BCUT2D eigenvalue weighted by Gasteiger charge is -1.94. The zero-order valence-corrected chi connectivity index (χ0v) is 13.2. The van der Waals surface area contributed by atoms with Gasteiger partial charge in [-0.25, -0.2) is 0 Å². The zero-order valence-electron chi connectivity index (χ0n) is 7.16. The van der Waals surface area contributed by atoms with Crippen LogP contribution >= 0.6 is 25.8 Å². The molecule has 0 spiro atoms. The average molecular weight is 295 g/mol. The molecule has 0 aliphatic carbocycles. The maximum Gasteiger partial charge on any atom is 0.468 e. The number of rotatable bonds is 3. The largest absolute Gasteiger partial charge is 0.468 e. The summed E-state index contributed by atoms with van der Waals surface area (Å²) in [5.41, 5.74) is 0. The molecule has 4 heteroatoms. The van der Waals surface area contributed by atoms with Gasteiger partial charge in [-0.05, 0) is 0 Å². The standard InChI is InChI=1S/C4H9.C2H5.2BrH.2Mg/c1-4(2)3;1-2;;;;/h4H,1H2,2-3H3;1H2,2H3;2*1H;;/q;;;;2*+1/p-2. The molecule has 0 rings (SSSR count). The van der Waals surface area contributed by atoms with Crippen LogP contribution in [0.25, 0.3) is 0 Å². The first-order chi connectivity index (χ1) is 4.68. The van der Waals surface area contributed by atoms with Crippen molar-refractivity contribution in [3.8, 4) is 0 Å². The second-order valence-corrected chi connectivity index (χ2v) is 9.65. The highest BCUT2D eigenvalue weighted by Gasteiger charge is 1.91. The SMILES string of the molecule is CC(C)[CH2][Mg][Br].C[CH2][Mg][Br]. The van der Waals surface area contributed by atoms with Crippen LogP contribution in [-0.2, 0) is 0 Å². The van der Waals surface area contributed by atoms with Crippen LogP contribution in [0.3, 0.4) is 0 Å². The Morgan fingerprint density at radius 2 is 1.60 bits per heavy atom. The summed E-state index contributed by atoms with van der Waals surface area (Å²) in [6, 6.07) is 0. The van der Waals surface area contributed by atoms with Crippen molar-refractivity contribution in [2.24, 2.45) is 5.92 Å². The van der Waals surface area contributed by atoms with Gasteiger partial charge in [0.25, 0.3) is 0 Å². The molecule has 0 nitrogen and oxygen atoms in total.